The summed E-state index contributed by atoms with van der Waals surface area (Å²) in [6.07, 6.45) is 11.5. The molecule has 1 aliphatic carbocycles. The van der Waals surface area contributed by atoms with Crippen molar-refractivity contribution in [2.45, 2.75) is 76.6 Å². The van der Waals surface area contributed by atoms with Gasteiger partial charge in [-0.2, -0.15) is 0 Å². The molecule has 5 heteroatoms. The van der Waals surface area contributed by atoms with Crippen LogP contribution in [-0.2, 0) is 19.9 Å². The summed E-state index contributed by atoms with van der Waals surface area (Å²) in [6.45, 7) is 3.03. The van der Waals surface area contributed by atoms with Gasteiger partial charge in [0.05, 0.1) is 19.3 Å². The van der Waals surface area contributed by atoms with Crippen LogP contribution in [0, 0.1) is 5.41 Å². The van der Waals surface area contributed by atoms with Crippen molar-refractivity contribution in [3.8, 4) is 5.75 Å². The van der Waals surface area contributed by atoms with Crippen molar-refractivity contribution < 1.29 is 24.1 Å². The number of aliphatic hydroxyl groups is 1. The van der Waals surface area contributed by atoms with Gasteiger partial charge in [0.25, 0.3) is 0 Å². The fraction of sp³-hybridized carbons (Fsp3) is 0.625. The van der Waals surface area contributed by atoms with Gasteiger partial charge in [-0.05, 0) is 74.5 Å². The van der Waals surface area contributed by atoms with Crippen LogP contribution in [0.15, 0.2) is 36.4 Å². The van der Waals surface area contributed by atoms with Crippen LogP contribution in [0.5, 0.6) is 5.75 Å². The van der Waals surface area contributed by atoms with E-state index in [-0.39, 0.29) is 17.7 Å². The molecule has 0 radical (unpaired) electrons. The maximum atomic E-state index is 11.3. The summed E-state index contributed by atoms with van der Waals surface area (Å²) in [7, 11) is 1.39. The Bertz CT molecular complexity index is 697. The fourth-order valence-electron chi connectivity index (χ4n) is 4.30. The third-order valence-electron chi connectivity index (χ3n) is 6.43. The SMILES string of the molecule is COC(=O)/C=C/CCC1(C)CCC(O)(c2cccc(OC3CCCCO3)c2)CC1. The molecule has 0 amide bonds. The van der Waals surface area contributed by atoms with Crippen LogP contribution in [0.1, 0.15) is 70.3 Å². The highest BCUT2D eigenvalue weighted by atomic mass is 16.7. The molecule has 1 atom stereocenters. The number of rotatable bonds is 7. The van der Waals surface area contributed by atoms with E-state index >= 15 is 0 Å². The molecule has 1 saturated carbocycles. The van der Waals surface area contributed by atoms with Crippen molar-refractivity contribution >= 4 is 5.97 Å². The van der Waals surface area contributed by atoms with Gasteiger partial charge in [0, 0.05) is 12.5 Å². The van der Waals surface area contributed by atoms with E-state index in [9.17, 15) is 9.90 Å². The van der Waals surface area contributed by atoms with E-state index in [1.54, 1.807) is 0 Å². The molecular formula is C24H34O5. The van der Waals surface area contributed by atoms with Crippen molar-refractivity contribution in [2.75, 3.05) is 13.7 Å². The van der Waals surface area contributed by atoms with Gasteiger partial charge in [0.1, 0.15) is 5.75 Å². The quantitative estimate of drug-likeness (QED) is 0.521. The lowest BCUT2D eigenvalue weighted by atomic mass is 9.66. The number of methoxy groups -OCH3 is 1. The Labute approximate surface area is 174 Å². The highest BCUT2D eigenvalue weighted by molar-refractivity contribution is 5.81. The molecule has 2 fully saturated rings. The first-order chi connectivity index (χ1) is 13.9. The van der Waals surface area contributed by atoms with E-state index < -0.39 is 5.60 Å². The predicted octanol–water partition coefficient (Wildman–Crippen LogP) is 4.87. The maximum Gasteiger partial charge on any atom is 0.330 e. The predicted molar refractivity (Wildman–Crippen MR) is 112 cm³/mol. The monoisotopic (exact) mass is 402 g/mol. The third kappa shape index (κ3) is 6.06. The number of hydrogen-bond acceptors (Lipinski definition) is 5. The first kappa shape index (κ1) is 21.8. The average Bonchev–Trinajstić information content (AvgIpc) is 2.74. The van der Waals surface area contributed by atoms with Crippen LogP contribution in [0.25, 0.3) is 0 Å². The summed E-state index contributed by atoms with van der Waals surface area (Å²) >= 11 is 0. The van der Waals surface area contributed by atoms with Gasteiger partial charge in [-0.15, -0.1) is 0 Å². The van der Waals surface area contributed by atoms with Crippen molar-refractivity contribution in [1.29, 1.82) is 0 Å². The molecular weight excluding hydrogens is 368 g/mol. The minimum atomic E-state index is -0.811. The highest BCUT2D eigenvalue weighted by Crippen LogP contribution is 2.48. The van der Waals surface area contributed by atoms with Gasteiger partial charge >= 0.3 is 5.97 Å². The summed E-state index contributed by atoms with van der Waals surface area (Å²) < 4.78 is 16.3. The number of allylic oxidation sites excluding steroid dienone is 1. The molecule has 1 N–H and O–H groups in total. The summed E-state index contributed by atoms with van der Waals surface area (Å²) in [5, 5.41) is 11.3. The molecule has 1 aliphatic heterocycles. The first-order valence-electron chi connectivity index (χ1n) is 10.8. The van der Waals surface area contributed by atoms with Crippen LogP contribution in [0.4, 0.5) is 0 Å². The normalized spacial score (nSPS) is 30.2. The number of carbonyl (C=O) groups is 1. The van der Waals surface area contributed by atoms with Crippen LogP contribution < -0.4 is 4.74 Å². The average molecular weight is 403 g/mol. The molecule has 1 aromatic rings. The van der Waals surface area contributed by atoms with Crippen molar-refractivity contribution in [1.82, 2.24) is 0 Å². The molecule has 29 heavy (non-hydrogen) atoms. The summed E-state index contributed by atoms with van der Waals surface area (Å²) in [5.41, 5.74) is 0.295. The van der Waals surface area contributed by atoms with E-state index in [1.165, 1.54) is 13.2 Å². The Morgan fingerprint density at radius 2 is 2.07 bits per heavy atom. The largest absolute Gasteiger partial charge is 0.466 e. The Morgan fingerprint density at radius 1 is 1.28 bits per heavy atom. The number of carbonyl (C=O) groups excluding carboxylic acids is 1. The van der Waals surface area contributed by atoms with Crippen molar-refractivity contribution in [3.05, 3.63) is 42.0 Å². The number of ether oxygens (including phenoxy) is 3. The molecule has 0 aromatic heterocycles. The second-order valence-corrected chi connectivity index (χ2v) is 8.75. The molecule has 5 nitrogen and oxygen atoms in total. The Hall–Kier alpha value is -1.85. The van der Waals surface area contributed by atoms with Gasteiger partial charge in [0.2, 0.25) is 0 Å². The molecule has 1 unspecified atom stereocenters. The Kier molecular flexibility index (Phi) is 7.36. The number of hydrogen-bond donors (Lipinski definition) is 1. The maximum absolute atomic E-state index is 11.3. The fourth-order valence-corrected chi connectivity index (χ4v) is 4.30. The van der Waals surface area contributed by atoms with Crippen LogP contribution in [0.3, 0.4) is 0 Å². The summed E-state index contributed by atoms with van der Waals surface area (Å²) in [4.78, 5) is 11.2. The highest BCUT2D eigenvalue weighted by Gasteiger charge is 2.39. The van der Waals surface area contributed by atoms with Gasteiger partial charge < -0.3 is 19.3 Å². The lowest BCUT2D eigenvalue weighted by molar-refractivity contribution is -0.134. The minimum Gasteiger partial charge on any atom is -0.466 e. The molecule has 160 valence electrons. The molecule has 1 saturated heterocycles. The summed E-state index contributed by atoms with van der Waals surface area (Å²) in [6, 6.07) is 7.86. The van der Waals surface area contributed by atoms with E-state index in [2.05, 4.69) is 11.7 Å². The minimum absolute atomic E-state index is 0.177. The smallest absolute Gasteiger partial charge is 0.330 e. The van der Waals surface area contributed by atoms with Crippen LogP contribution >= 0.6 is 0 Å². The van der Waals surface area contributed by atoms with Crippen molar-refractivity contribution in [2.24, 2.45) is 5.41 Å². The second-order valence-electron chi connectivity index (χ2n) is 8.75. The number of benzene rings is 1. The zero-order valence-electron chi connectivity index (χ0n) is 17.7. The van der Waals surface area contributed by atoms with Gasteiger partial charge in [-0.25, -0.2) is 4.79 Å². The molecule has 0 bridgehead atoms. The topological polar surface area (TPSA) is 65.0 Å². The molecule has 0 spiro atoms. The molecule has 2 aliphatic rings. The first-order valence-corrected chi connectivity index (χ1v) is 10.8. The Balaban J connectivity index is 1.56. The van der Waals surface area contributed by atoms with E-state index in [4.69, 9.17) is 9.47 Å². The zero-order valence-corrected chi connectivity index (χ0v) is 17.7. The lowest BCUT2D eigenvalue weighted by Crippen LogP contribution is -2.36. The third-order valence-corrected chi connectivity index (χ3v) is 6.43. The van der Waals surface area contributed by atoms with Gasteiger partial charge in [-0.3, -0.25) is 0 Å². The van der Waals surface area contributed by atoms with E-state index in [0.29, 0.717) is 0 Å². The Morgan fingerprint density at radius 3 is 2.76 bits per heavy atom. The van der Waals surface area contributed by atoms with Crippen molar-refractivity contribution in [3.63, 3.8) is 0 Å². The summed E-state index contributed by atoms with van der Waals surface area (Å²) in [5.74, 6) is 0.456. The van der Waals surface area contributed by atoms with Crippen LogP contribution in [0.2, 0.25) is 0 Å². The standard InChI is InChI=1S/C24H34O5/c1-23(12-5-3-10-21(25)27-2)13-15-24(26,16-14-23)19-8-7-9-20(18-19)29-22-11-4-6-17-28-22/h3,7-10,18,22,26H,4-6,11-17H2,1-2H3/b10-3+. The van der Waals surface area contributed by atoms with E-state index in [0.717, 1.165) is 75.7 Å². The van der Waals surface area contributed by atoms with E-state index in [1.807, 2.05) is 30.3 Å². The van der Waals surface area contributed by atoms with Gasteiger partial charge in [-0.1, -0.05) is 25.1 Å². The molecule has 1 aromatic carbocycles. The molecule has 3 rings (SSSR count). The second kappa shape index (κ2) is 9.77. The lowest BCUT2D eigenvalue weighted by Gasteiger charge is -2.42. The van der Waals surface area contributed by atoms with Gasteiger partial charge in [0.15, 0.2) is 6.29 Å². The number of esters is 1. The van der Waals surface area contributed by atoms with Crippen LogP contribution in [-0.4, -0.2) is 31.1 Å². The zero-order chi connectivity index (χ0) is 20.7. The molecule has 1 heterocycles.